The third kappa shape index (κ3) is 5.35. The number of piperazine rings is 1. The van der Waals surface area contributed by atoms with E-state index in [0.29, 0.717) is 19.5 Å². The monoisotopic (exact) mass is 246 g/mol. The smallest absolute Gasteiger partial charge is 0.410 e. The van der Waals surface area contributed by atoms with Crippen molar-refractivity contribution in [3.05, 3.63) is 0 Å². The van der Waals surface area contributed by atoms with Gasteiger partial charge in [0.25, 0.3) is 0 Å². The molecule has 100 valence electrons. The minimum atomic E-state index is -0.442. The lowest BCUT2D eigenvalue weighted by Crippen LogP contribution is -2.50. The molecule has 0 aromatic rings. The molecule has 0 spiro atoms. The number of nitrogens with zero attached hydrogens (tertiary/aromatic N) is 2. The van der Waals surface area contributed by atoms with Crippen LogP contribution >= 0.6 is 0 Å². The molecule has 1 aliphatic heterocycles. The zero-order valence-corrected chi connectivity index (χ0v) is 11.0. The van der Waals surface area contributed by atoms with E-state index in [1.54, 1.807) is 4.90 Å². The molecule has 1 fully saturated rings. The number of ether oxygens (including phenoxy) is 1. The molecule has 0 atom stereocenters. The molecule has 1 saturated heterocycles. The van der Waals surface area contributed by atoms with Crippen molar-refractivity contribution in [3.8, 4) is 0 Å². The SMILES string of the molecule is CC(C)(C)OC(=O)N1CCN(CCCF)CC1. The number of hydrogen-bond acceptors (Lipinski definition) is 3. The van der Waals surface area contributed by atoms with Gasteiger partial charge in [-0.2, -0.15) is 0 Å². The number of halogens is 1. The summed E-state index contributed by atoms with van der Waals surface area (Å²) in [6.45, 7) is 9.04. The topological polar surface area (TPSA) is 32.8 Å². The van der Waals surface area contributed by atoms with Crippen molar-refractivity contribution in [2.75, 3.05) is 39.4 Å². The summed E-state index contributed by atoms with van der Waals surface area (Å²) in [5, 5.41) is 0. The van der Waals surface area contributed by atoms with E-state index in [1.165, 1.54) is 0 Å². The van der Waals surface area contributed by atoms with Crippen LogP contribution in [0, 0.1) is 0 Å². The summed E-state index contributed by atoms with van der Waals surface area (Å²) < 4.78 is 17.3. The fraction of sp³-hybridized carbons (Fsp3) is 0.917. The second-order valence-electron chi connectivity index (χ2n) is 5.35. The van der Waals surface area contributed by atoms with E-state index >= 15 is 0 Å². The fourth-order valence-corrected chi connectivity index (χ4v) is 1.76. The van der Waals surface area contributed by atoms with Crippen molar-refractivity contribution in [2.24, 2.45) is 0 Å². The summed E-state index contributed by atoms with van der Waals surface area (Å²) in [5.74, 6) is 0. The molecule has 17 heavy (non-hydrogen) atoms. The minimum Gasteiger partial charge on any atom is -0.444 e. The highest BCUT2D eigenvalue weighted by Gasteiger charge is 2.25. The van der Waals surface area contributed by atoms with E-state index in [2.05, 4.69) is 4.90 Å². The molecule has 1 aliphatic rings. The van der Waals surface area contributed by atoms with Gasteiger partial charge in [-0.3, -0.25) is 9.29 Å². The largest absolute Gasteiger partial charge is 0.444 e. The molecule has 0 radical (unpaired) electrons. The number of rotatable bonds is 3. The first-order valence-electron chi connectivity index (χ1n) is 6.18. The molecule has 1 rings (SSSR count). The minimum absolute atomic E-state index is 0.248. The van der Waals surface area contributed by atoms with Gasteiger partial charge >= 0.3 is 6.09 Å². The second-order valence-corrected chi connectivity index (χ2v) is 5.35. The predicted molar refractivity (Wildman–Crippen MR) is 64.8 cm³/mol. The van der Waals surface area contributed by atoms with Gasteiger partial charge < -0.3 is 9.64 Å². The summed E-state index contributed by atoms with van der Waals surface area (Å²) in [4.78, 5) is 15.7. The van der Waals surface area contributed by atoms with Crippen molar-refractivity contribution in [3.63, 3.8) is 0 Å². The van der Waals surface area contributed by atoms with Crippen LogP contribution in [0.5, 0.6) is 0 Å². The Hall–Kier alpha value is -0.840. The number of amides is 1. The molecule has 4 nitrogen and oxygen atoms in total. The molecule has 0 aliphatic carbocycles. The predicted octanol–water partition coefficient (Wildman–Crippen LogP) is 1.90. The first-order valence-corrected chi connectivity index (χ1v) is 6.18. The number of hydrogen-bond donors (Lipinski definition) is 0. The Labute approximate surface area is 103 Å². The Balaban J connectivity index is 2.29. The quantitative estimate of drug-likeness (QED) is 0.762. The Morgan fingerprint density at radius 2 is 1.82 bits per heavy atom. The van der Waals surface area contributed by atoms with E-state index in [0.717, 1.165) is 19.6 Å². The molecule has 0 N–H and O–H groups in total. The third-order valence-electron chi connectivity index (χ3n) is 2.63. The van der Waals surface area contributed by atoms with Crippen molar-refractivity contribution >= 4 is 6.09 Å². The normalized spacial score (nSPS) is 18.2. The molecule has 1 amide bonds. The number of carbonyl (C=O) groups is 1. The molecule has 0 aromatic carbocycles. The van der Waals surface area contributed by atoms with E-state index in [1.807, 2.05) is 20.8 Å². The Bertz CT molecular complexity index is 245. The second kappa shape index (κ2) is 6.19. The lowest BCUT2D eigenvalue weighted by molar-refractivity contribution is 0.0143. The first kappa shape index (κ1) is 14.2. The van der Waals surface area contributed by atoms with Crippen LogP contribution in [-0.2, 0) is 4.74 Å². The standard InChI is InChI=1S/C12H23FN2O2/c1-12(2,3)17-11(16)15-9-7-14(8-10-15)6-4-5-13/h4-10H2,1-3H3. The third-order valence-corrected chi connectivity index (χ3v) is 2.63. The highest BCUT2D eigenvalue weighted by molar-refractivity contribution is 5.68. The summed E-state index contributed by atoms with van der Waals surface area (Å²) in [6.07, 6.45) is 0.328. The van der Waals surface area contributed by atoms with E-state index in [4.69, 9.17) is 4.74 Å². The van der Waals surface area contributed by atoms with Crippen LogP contribution in [0.2, 0.25) is 0 Å². The van der Waals surface area contributed by atoms with E-state index in [9.17, 15) is 9.18 Å². The fourth-order valence-electron chi connectivity index (χ4n) is 1.76. The van der Waals surface area contributed by atoms with Gasteiger partial charge in [-0.05, 0) is 27.2 Å². The summed E-state index contributed by atoms with van der Waals surface area (Å²) in [7, 11) is 0. The van der Waals surface area contributed by atoms with E-state index < -0.39 is 5.60 Å². The Morgan fingerprint density at radius 1 is 1.24 bits per heavy atom. The molecule has 5 heteroatoms. The summed E-state index contributed by atoms with van der Waals surface area (Å²) in [6, 6.07) is 0. The van der Waals surface area contributed by atoms with Crippen LogP contribution in [0.1, 0.15) is 27.2 Å². The van der Waals surface area contributed by atoms with Crippen LogP contribution in [0.4, 0.5) is 9.18 Å². The lowest BCUT2D eigenvalue weighted by Gasteiger charge is -2.35. The Morgan fingerprint density at radius 3 is 2.29 bits per heavy atom. The van der Waals surface area contributed by atoms with Crippen LogP contribution in [0.15, 0.2) is 0 Å². The Kier molecular flexibility index (Phi) is 5.18. The van der Waals surface area contributed by atoms with E-state index in [-0.39, 0.29) is 12.8 Å². The van der Waals surface area contributed by atoms with Gasteiger partial charge in [-0.25, -0.2) is 4.79 Å². The van der Waals surface area contributed by atoms with Gasteiger partial charge in [0.2, 0.25) is 0 Å². The van der Waals surface area contributed by atoms with Gasteiger partial charge in [-0.1, -0.05) is 0 Å². The van der Waals surface area contributed by atoms with Gasteiger partial charge in [0.15, 0.2) is 0 Å². The van der Waals surface area contributed by atoms with Crippen molar-refractivity contribution < 1.29 is 13.9 Å². The highest BCUT2D eigenvalue weighted by Crippen LogP contribution is 2.11. The summed E-state index contributed by atoms with van der Waals surface area (Å²) >= 11 is 0. The zero-order chi connectivity index (χ0) is 12.9. The van der Waals surface area contributed by atoms with Crippen molar-refractivity contribution in [2.45, 2.75) is 32.8 Å². The average Bonchev–Trinajstić information content (AvgIpc) is 2.24. The number of carbonyl (C=O) groups excluding carboxylic acids is 1. The highest BCUT2D eigenvalue weighted by atomic mass is 19.1. The number of alkyl halides is 1. The van der Waals surface area contributed by atoms with Crippen LogP contribution in [-0.4, -0.2) is 60.9 Å². The van der Waals surface area contributed by atoms with Gasteiger partial charge in [0.05, 0.1) is 6.67 Å². The maximum Gasteiger partial charge on any atom is 0.410 e. The lowest BCUT2D eigenvalue weighted by atomic mass is 10.2. The molecule has 0 unspecified atom stereocenters. The van der Waals surface area contributed by atoms with Gasteiger partial charge in [0.1, 0.15) is 5.60 Å². The molecule has 0 aromatic heterocycles. The molecular formula is C12H23FN2O2. The zero-order valence-electron chi connectivity index (χ0n) is 11.0. The van der Waals surface area contributed by atoms with Crippen molar-refractivity contribution in [1.82, 2.24) is 9.80 Å². The van der Waals surface area contributed by atoms with Crippen LogP contribution < -0.4 is 0 Å². The molecular weight excluding hydrogens is 223 g/mol. The maximum absolute atomic E-state index is 12.0. The van der Waals surface area contributed by atoms with Gasteiger partial charge in [0, 0.05) is 32.7 Å². The van der Waals surface area contributed by atoms with Crippen molar-refractivity contribution in [1.29, 1.82) is 0 Å². The molecule has 1 heterocycles. The average molecular weight is 246 g/mol. The maximum atomic E-state index is 12.0. The van der Waals surface area contributed by atoms with Crippen LogP contribution in [0.3, 0.4) is 0 Å². The molecule has 0 bridgehead atoms. The summed E-state index contributed by atoms with van der Waals surface area (Å²) in [5.41, 5.74) is -0.442. The van der Waals surface area contributed by atoms with Gasteiger partial charge in [-0.15, -0.1) is 0 Å². The molecule has 0 saturated carbocycles. The van der Waals surface area contributed by atoms with Crippen LogP contribution in [0.25, 0.3) is 0 Å². The first-order chi connectivity index (χ1) is 7.92.